The zero-order valence-corrected chi connectivity index (χ0v) is 10.5. The normalized spacial score (nSPS) is 10.6. The van der Waals surface area contributed by atoms with Crippen LogP contribution < -0.4 is 5.32 Å². The van der Waals surface area contributed by atoms with Gasteiger partial charge in [0.15, 0.2) is 0 Å². The van der Waals surface area contributed by atoms with Crippen LogP contribution in [0.15, 0.2) is 34.2 Å². The summed E-state index contributed by atoms with van der Waals surface area (Å²) >= 11 is 3.29. The van der Waals surface area contributed by atoms with Crippen molar-refractivity contribution in [1.82, 2.24) is 15.0 Å². The van der Waals surface area contributed by atoms with Crippen LogP contribution in [0.3, 0.4) is 0 Å². The molecule has 6 heteroatoms. The minimum atomic E-state index is 0.744. The summed E-state index contributed by atoms with van der Waals surface area (Å²) in [4.78, 5) is 11.4. The van der Waals surface area contributed by atoms with Gasteiger partial charge in [-0.1, -0.05) is 0 Å². The number of hydrogen-bond donors (Lipinski definition) is 2. The van der Waals surface area contributed by atoms with E-state index in [-0.39, 0.29) is 0 Å². The number of H-pyrrole nitrogens is 1. The number of aromatic amines is 1. The Morgan fingerprint density at radius 3 is 3.00 bits per heavy atom. The smallest absolute Gasteiger partial charge is 0.0922 e. The van der Waals surface area contributed by atoms with Crippen LogP contribution in [-0.4, -0.2) is 15.0 Å². The summed E-state index contributed by atoms with van der Waals surface area (Å²) in [6, 6.07) is 0. The highest BCUT2D eigenvalue weighted by Gasteiger charge is 2.07. The lowest BCUT2D eigenvalue weighted by Gasteiger charge is -2.04. The molecule has 0 spiro atoms. The van der Waals surface area contributed by atoms with E-state index in [9.17, 15) is 0 Å². The maximum absolute atomic E-state index is 4.33. The van der Waals surface area contributed by atoms with Crippen molar-refractivity contribution in [1.29, 1.82) is 0 Å². The third-order valence-corrected chi connectivity index (χ3v) is 3.72. The second-order valence-corrected chi connectivity index (χ2v) is 4.97. The lowest BCUT2D eigenvalue weighted by molar-refractivity contribution is 1.08. The van der Waals surface area contributed by atoms with Gasteiger partial charge in [-0.25, -0.2) is 9.97 Å². The van der Waals surface area contributed by atoms with Crippen molar-refractivity contribution in [2.45, 2.75) is 6.54 Å². The van der Waals surface area contributed by atoms with Crippen molar-refractivity contribution >= 4 is 28.4 Å². The molecule has 0 saturated heterocycles. The summed E-state index contributed by atoms with van der Waals surface area (Å²) in [5, 5.41) is 9.66. The van der Waals surface area contributed by atoms with Gasteiger partial charge in [0, 0.05) is 27.9 Å². The molecule has 0 fully saturated rings. The van der Waals surface area contributed by atoms with Gasteiger partial charge in [-0.2, -0.15) is 0 Å². The van der Waals surface area contributed by atoms with Crippen LogP contribution >= 0.6 is 22.7 Å². The SMILES string of the molecule is c1ncc(CNc2cscc2-c2cscn2)[nH]1. The first-order valence-corrected chi connectivity index (χ1v) is 6.98. The molecule has 3 aromatic heterocycles. The molecule has 3 rings (SSSR count). The predicted octanol–water partition coefficient (Wildman–Crippen LogP) is 3.21. The molecule has 0 radical (unpaired) electrons. The van der Waals surface area contributed by atoms with Crippen molar-refractivity contribution < 1.29 is 0 Å². The molecule has 0 bridgehead atoms. The molecular formula is C11H10N4S2. The molecule has 0 aliphatic rings. The molecule has 17 heavy (non-hydrogen) atoms. The minimum absolute atomic E-state index is 0.744. The Morgan fingerprint density at radius 1 is 1.24 bits per heavy atom. The van der Waals surface area contributed by atoms with Gasteiger partial charge in [0.05, 0.1) is 35.5 Å². The van der Waals surface area contributed by atoms with E-state index in [1.54, 1.807) is 29.0 Å². The van der Waals surface area contributed by atoms with Crippen LogP contribution in [0.1, 0.15) is 5.69 Å². The van der Waals surface area contributed by atoms with Crippen LogP contribution in [0.2, 0.25) is 0 Å². The highest BCUT2D eigenvalue weighted by atomic mass is 32.1. The van der Waals surface area contributed by atoms with E-state index in [1.165, 1.54) is 0 Å². The molecule has 0 atom stereocenters. The summed E-state index contributed by atoms with van der Waals surface area (Å²) in [6.45, 7) is 0.744. The van der Waals surface area contributed by atoms with E-state index >= 15 is 0 Å². The average Bonchev–Trinajstić information content (AvgIpc) is 3.09. The van der Waals surface area contributed by atoms with Crippen molar-refractivity contribution in [2.75, 3.05) is 5.32 Å². The fourth-order valence-electron chi connectivity index (χ4n) is 1.55. The second kappa shape index (κ2) is 4.68. The van der Waals surface area contributed by atoms with Gasteiger partial charge in [-0.15, -0.1) is 22.7 Å². The first kappa shape index (κ1) is 10.5. The first-order chi connectivity index (χ1) is 8.43. The van der Waals surface area contributed by atoms with Gasteiger partial charge in [0.2, 0.25) is 0 Å². The van der Waals surface area contributed by atoms with E-state index in [4.69, 9.17) is 0 Å². The second-order valence-electron chi connectivity index (χ2n) is 3.50. The average molecular weight is 262 g/mol. The van der Waals surface area contributed by atoms with Crippen LogP contribution in [0.5, 0.6) is 0 Å². The van der Waals surface area contributed by atoms with Gasteiger partial charge < -0.3 is 10.3 Å². The van der Waals surface area contributed by atoms with E-state index in [1.807, 2.05) is 11.7 Å². The van der Waals surface area contributed by atoms with Gasteiger partial charge in [0.1, 0.15) is 0 Å². The Balaban J connectivity index is 1.78. The molecule has 4 nitrogen and oxygen atoms in total. The molecule has 86 valence electrons. The van der Waals surface area contributed by atoms with E-state index < -0.39 is 0 Å². The molecule has 0 aliphatic carbocycles. The number of hydrogen-bond acceptors (Lipinski definition) is 5. The predicted molar refractivity (Wildman–Crippen MR) is 71.3 cm³/mol. The van der Waals surface area contributed by atoms with Gasteiger partial charge in [-0.3, -0.25) is 0 Å². The van der Waals surface area contributed by atoms with E-state index in [0.29, 0.717) is 0 Å². The summed E-state index contributed by atoms with van der Waals surface area (Å²) in [6.07, 6.45) is 3.51. The lowest BCUT2D eigenvalue weighted by atomic mass is 10.2. The molecule has 0 aliphatic heterocycles. The Hall–Kier alpha value is -1.66. The fourth-order valence-corrected chi connectivity index (χ4v) is 2.90. The minimum Gasteiger partial charge on any atom is -0.378 e. The van der Waals surface area contributed by atoms with Crippen molar-refractivity contribution in [2.24, 2.45) is 0 Å². The number of thiazole rings is 1. The largest absolute Gasteiger partial charge is 0.378 e. The highest BCUT2D eigenvalue weighted by Crippen LogP contribution is 2.31. The number of nitrogens with zero attached hydrogens (tertiary/aromatic N) is 2. The molecule has 0 amide bonds. The Bertz CT molecular complexity index is 568. The number of thiophene rings is 1. The van der Waals surface area contributed by atoms with Crippen LogP contribution in [0.25, 0.3) is 11.3 Å². The number of nitrogens with one attached hydrogen (secondary N) is 2. The molecule has 0 unspecified atom stereocenters. The summed E-state index contributed by atoms with van der Waals surface area (Å²) < 4.78 is 0. The summed E-state index contributed by atoms with van der Waals surface area (Å²) in [5.74, 6) is 0. The van der Waals surface area contributed by atoms with Crippen LogP contribution in [0, 0.1) is 0 Å². The van der Waals surface area contributed by atoms with E-state index in [2.05, 4.69) is 36.4 Å². The van der Waals surface area contributed by atoms with Gasteiger partial charge in [-0.05, 0) is 0 Å². The van der Waals surface area contributed by atoms with Crippen molar-refractivity contribution in [3.8, 4) is 11.3 Å². The highest BCUT2D eigenvalue weighted by molar-refractivity contribution is 7.09. The lowest BCUT2D eigenvalue weighted by Crippen LogP contribution is -1.99. The van der Waals surface area contributed by atoms with E-state index in [0.717, 1.165) is 29.2 Å². The molecule has 0 aromatic carbocycles. The Kier molecular flexibility index (Phi) is 2.89. The Morgan fingerprint density at radius 2 is 2.24 bits per heavy atom. The topological polar surface area (TPSA) is 53.6 Å². The zero-order chi connectivity index (χ0) is 11.5. The maximum atomic E-state index is 4.33. The molecular weight excluding hydrogens is 252 g/mol. The van der Waals surface area contributed by atoms with Gasteiger partial charge in [0.25, 0.3) is 0 Å². The molecule has 0 saturated carbocycles. The quantitative estimate of drug-likeness (QED) is 0.759. The number of rotatable bonds is 4. The number of anilines is 1. The van der Waals surface area contributed by atoms with Crippen molar-refractivity contribution in [3.63, 3.8) is 0 Å². The third-order valence-electron chi connectivity index (χ3n) is 2.39. The summed E-state index contributed by atoms with van der Waals surface area (Å²) in [5.41, 5.74) is 6.24. The first-order valence-electron chi connectivity index (χ1n) is 5.09. The number of aromatic nitrogens is 3. The van der Waals surface area contributed by atoms with Crippen LogP contribution in [0.4, 0.5) is 5.69 Å². The maximum Gasteiger partial charge on any atom is 0.0922 e. The third kappa shape index (κ3) is 2.22. The number of imidazole rings is 1. The van der Waals surface area contributed by atoms with Crippen molar-refractivity contribution in [3.05, 3.63) is 39.9 Å². The van der Waals surface area contributed by atoms with Gasteiger partial charge >= 0.3 is 0 Å². The summed E-state index contributed by atoms with van der Waals surface area (Å²) in [7, 11) is 0. The fraction of sp³-hybridized carbons (Fsp3) is 0.0909. The zero-order valence-electron chi connectivity index (χ0n) is 8.88. The standard InChI is InChI=1S/C11H10N4S2/c1-8(14-6-12-1)2-13-10-4-16-3-9(10)11-5-17-7-15-11/h1,3-7,13H,2H2,(H,12,14). The van der Waals surface area contributed by atoms with Crippen LogP contribution in [-0.2, 0) is 6.54 Å². The molecule has 3 aromatic rings. The molecule has 3 heterocycles. The molecule has 2 N–H and O–H groups in total. The monoisotopic (exact) mass is 262 g/mol. The Labute approximate surface area is 106 Å².